The van der Waals surface area contributed by atoms with Crippen molar-refractivity contribution in [3.8, 4) is 0 Å². The summed E-state index contributed by atoms with van der Waals surface area (Å²) < 4.78 is 4.65. The Morgan fingerprint density at radius 1 is 1.19 bits per heavy atom. The minimum absolute atomic E-state index is 0.0472. The van der Waals surface area contributed by atoms with E-state index in [-0.39, 0.29) is 17.8 Å². The molecule has 4 nitrogen and oxygen atoms in total. The van der Waals surface area contributed by atoms with Crippen LogP contribution < -0.4 is 5.32 Å². The van der Waals surface area contributed by atoms with Crippen LogP contribution in [0.15, 0.2) is 0 Å². The van der Waals surface area contributed by atoms with Gasteiger partial charge in [0.1, 0.15) is 6.04 Å². The molecule has 0 aromatic rings. The second kappa shape index (κ2) is 8.13. The van der Waals surface area contributed by atoms with E-state index >= 15 is 0 Å². The third-order valence-electron chi connectivity index (χ3n) is 2.55. The third-order valence-corrected chi connectivity index (χ3v) is 2.55. The number of methoxy groups -OCH3 is 1. The van der Waals surface area contributed by atoms with Gasteiger partial charge in [-0.1, -0.05) is 33.6 Å². The van der Waals surface area contributed by atoms with Crippen molar-refractivity contribution < 1.29 is 14.3 Å². The molecule has 0 bridgehead atoms. The maximum absolute atomic E-state index is 11.7. The van der Waals surface area contributed by atoms with Crippen molar-refractivity contribution in [2.75, 3.05) is 7.11 Å². The molecule has 0 aromatic heterocycles. The molecule has 1 N–H and O–H groups in total. The zero-order valence-corrected chi connectivity index (χ0v) is 10.7. The molecule has 0 rings (SSSR count). The molecule has 0 heterocycles. The van der Waals surface area contributed by atoms with Crippen LogP contribution in [0.4, 0.5) is 0 Å². The fraction of sp³-hybridized carbons (Fsp3) is 0.833. The lowest BCUT2D eigenvalue weighted by Gasteiger charge is -2.18. The van der Waals surface area contributed by atoms with Crippen LogP contribution in [-0.4, -0.2) is 25.0 Å². The minimum Gasteiger partial charge on any atom is -0.467 e. The Labute approximate surface area is 97.7 Å². The number of esters is 1. The summed E-state index contributed by atoms with van der Waals surface area (Å²) in [5.74, 6) is -0.474. The Balaban J connectivity index is 4.27. The summed E-state index contributed by atoms with van der Waals surface area (Å²) in [7, 11) is 1.34. The Morgan fingerprint density at radius 2 is 1.75 bits per heavy atom. The van der Waals surface area contributed by atoms with Crippen molar-refractivity contribution in [3.63, 3.8) is 0 Å². The van der Waals surface area contributed by atoms with Crippen LogP contribution in [0.1, 0.15) is 46.5 Å². The van der Waals surface area contributed by atoms with E-state index in [1.54, 1.807) is 0 Å². The number of rotatable bonds is 7. The number of hydrogen-bond acceptors (Lipinski definition) is 3. The fourth-order valence-electron chi connectivity index (χ4n) is 1.56. The first-order chi connectivity index (χ1) is 7.56. The quantitative estimate of drug-likeness (QED) is 0.678. The van der Waals surface area contributed by atoms with Gasteiger partial charge < -0.3 is 10.1 Å². The predicted molar refractivity (Wildman–Crippen MR) is 62.9 cm³/mol. The Bertz CT molecular complexity index is 228. The van der Waals surface area contributed by atoms with Gasteiger partial charge in [-0.25, -0.2) is 4.79 Å². The summed E-state index contributed by atoms with van der Waals surface area (Å²) >= 11 is 0. The van der Waals surface area contributed by atoms with Crippen LogP contribution in [0.5, 0.6) is 0 Å². The molecule has 2 atom stereocenters. The van der Waals surface area contributed by atoms with E-state index in [0.717, 1.165) is 19.3 Å². The maximum atomic E-state index is 11.7. The summed E-state index contributed by atoms with van der Waals surface area (Å²) in [6, 6.07) is -0.498. The van der Waals surface area contributed by atoms with E-state index < -0.39 is 6.04 Å². The van der Waals surface area contributed by atoms with Crippen LogP contribution in [0.2, 0.25) is 0 Å². The lowest BCUT2D eigenvalue weighted by atomic mass is 10.0. The number of nitrogens with one attached hydrogen (secondary N) is 1. The van der Waals surface area contributed by atoms with E-state index in [1.165, 1.54) is 7.11 Å². The molecule has 94 valence electrons. The topological polar surface area (TPSA) is 55.4 Å². The maximum Gasteiger partial charge on any atom is 0.328 e. The number of carbonyl (C=O) groups is 2. The van der Waals surface area contributed by atoms with Gasteiger partial charge in [0.15, 0.2) is 0 Å². The van der Waals surface area contributed by atoms with E-state index in [2.05, 4.69) is 10.1 Å². The second-order valence-electron chi connectivity index (χ2n) is 4.06. The normalized spacial score (nSPS) is 14.0. The molecule has 0 aliphatic heterocycles. The van der Waals surface area contributed by atoms with Gasteiger partial charge in [0.2, 0.25) is 5.91 Å². The first kappa shape index (κ1) is 14.9. The predicted octanol–water partition coefficient (Wildman–Crippen LogP) is 1.88. The van der Waals surface area contributed by atoms with Crippen molar-refractivity contribution in [1.29, 1.82) is 0 Å². The van der Waals surface area contributed by atoms with Gasteiger partial charge in [-0.15, -0.1) is 0 Å². The second-order valence-corrected chi connectivity index (χ2v) is 4.06. The lowest BCUT2D eigenvalue weighted by molar-refractivity contribution is -0.145. The highest BCUT2D eigenvalue weighted by Gasteiger charge is 2.22. The molecule has 0 fully saturated rings. The summed E-state index contributed by atoms with van der Waals surface area (Å²) in [5.41, 5.74) is 0. The molecule has 1 amide bonds. The number of ether oxygens (including phenoxy) is 1. The zero-order valence-electron chi connectivity index (χ0n) is 10.7. The van der Waals surface area contributed by atoms with Crippen LogP contribution >= 0.6 is 0 Å². The lowest BCUT2D eigenvalue weighted by Crippen LogP contribution is -2.43. The molecule has 0 saturated heterocycles. The summed E-state index contributed by atoms with van der Waals surface area (Å²) in [5, 5.41) is 2.74. The fourth-order valence-corrected chi connectivity index (χ4v) is 1.56. The molecule has 0 saturated carbocycles. The highest BCUT2D eigenvalue weighted by Crippen LogP contribution is 2.07. The summed E-state index contributed by atoms with van der Waals surface area (Å²) in [6.07, 6.45) is 3.26. The van der Waals surface area contributed by atoms with Gasteiger partial charge >= 0.3 is 5.97 Å². The molecular formula is C12H23NO3. The molecule has 0 aliphatic carbocycles. The molecule has 0 spiro atoms. The van der Waals surface area contributed by atoms with Gasteiger partial charge in [0.05, 0.1) is 7.11 Å². The van der Waals surface area contributed by atoms with Crippen LogP contribution in [-0.2, 0) is 14.3 Å². The number of amides is 1. The summed E-state index contributed by atoms with van der Waals surface area (Å²) in [4.78, 5) is 23.1. The Morgan fingerprint density at radius 3 is 2.19 bits per heavy atom. The van der Waals surface area contributed by atoms with Crippen molar-refractivity contribution >= 4 is 11.9 Å². The molecule has 0 unspecified atom stereocenters. The number of hydrogen-bond donors (Lipinski definition) is 1. The van der Waals surface area contributed by atoms with Crippen LogP contribution in [0, 0.1) is 5.92 Å². The van der Waals surface area contributed by atoms with Crippen molar-refractivity contribution in [3.05, 3.63) is 0 Å². The van der Waals surface area contributed by atoms with Gasteiger partial charge in [-0.2, -0.15) is 0 Å². The molecule has 0 radical (unpaired) electrons. The van der Waals surface area contributed by atoms with Crippen molar-refractivity contribution in [2.45, 2.75) is 52.5 Å². The standard InChI is InChI=1S/C12H23NO3/c1-5-7-9(3)11(14)13-10(8-6-2)12(15)16-4/h9-10H,5-8H2,1-4H3,(H,13,14)/t9-,10+/m1/s1. The third kappa shape index (κ3) is 5.14. The Hall–Kier alpha value is -1.06. The zero-order chi connectivity index (χ0) is 12.6. The first-order valence-electron chi connectivity index (χ1n) is 5.94. The minimum atomic E-state index is -0.498. The highest BCUT2D eigenvalue weighted by molar-refractivity contribution is 5.85. The first-order valence-corrected chi connectivity index (χ1v) is 5.94. The largest absolute Gasteiger partial charge is 0.467 e. The molecule has 16 heavy (non-hydrogen) atoms. The van der Waals surface area contributed by atoms with E-state index in [1.807, 2.05) is 20.8 Å². The van der Waals surface area contributed by atoms with Gasteiger partial charge in [-0.05, 0) is 12.8 Å². The molecule has 0 aromatic carbocycles. The molecule has 0 aliphatic rings. The van der Waals surface area contributed by atoms with E-state index in [0.29, 0.717) is 6.42 Å². The van der Waals surface area contributed by atoms with Gasteiger partial charge in [0.25, 0.3) is 0 Å². The average Bonchev–Trinajstić information content (AvgIpc) is 2.27. The van der Waals surface area contributed by atoms with Gasteiger partial charge in [-0.3, -0.25) is 4.79 Å². The van der Waals surface area contributed by atoms with Gasteiger partial charge in [0, 0.05) is 5.92 Å². The molecular weight excluding hydrogens is 206 g/mol. The summed E-state index contributed by atoms with van der Waals surface area (Å²) in [6.45, 7) is 5.88. The van der Waals surface area contributed by atoms with Crippen molar-refractivity contribution in [1.82, 2.24) is 5.32 Å². The molecule has 4 heteroatoms. The number of carbonyl (C=O) groups excluding carboxylic acids is 2. The van der Waals surface area contributed by atoms with Crippen molar-refractivity contribution in [2.24, 2.45) is 5.92 Å². The smallest absolute Gasteiger partial charge is 0.328 e. The Kier molecular flexibility index (Phi) is 7.60. The van der Waals surface area contributed by atoms with Crippen LogP contribution in [0.3, 0.4) is 0 Å². The average molecular weight is 229 g/mol. The highest BCUT2D eigenvalue weighted by atomic mass is 16.5. The van der Waals surface area contributed by atoms with E-state index in [9.17, 15) is 9.59 Å². The SMILES string of the molecule is CCC[C@@H](C)C(=O)N[C@@H](CCC)C(=O)OC. The monoisotopic (exact) mass is 229 g/mol. The van der Waals surface area contributed by atoms with Crippen LogP contribution in [0.25, 0.3) is 0 Å². The van der Waals surface area contributed by atoms with E-state index in [4.69, 9.17) is 0 Å².